The number of rotatable bonds is 4. The number of nitriles is 1. The number of benzene rings is 2. The average molecular weight is 330 g/mol. The molecule has 1 aliphatic rings. The van der Waals surface area contributed by atoms with Gasteiger partial charge in [-0.3, -0.25) is 4.79 Å². The van der Waals surface area contributed by atoms with Crippen molar-refractivity contribution in [3.8, 4) is 17.5 Å². The maximum Gasteiger partial charge on any atom is 0.255 e. The lowest BCUT2D eigenvalue weighted by atomic mass is 10.1. The molecule has 25 heavy (non-hydrogen) atoms. The Labute approximate surface area is 144 Å². The molecule has 1 aliphatic carbocycles. The van der Waals surface area contributed by atoms with E-state index in [4.69, 9.17) is 9.78 Å². The molecule has 0 bridgehead atoms. The maximum atomic E-state index is 12.3. The second-order valence-electron chi connectivity index (χ2n) is 5.95. The van der Waals surface area contributed by atoms with Gasteiger partial charge in [0.15, 0.2) is 0 Å². The highest BCUT2D eigenvalue weighted by Gasteiger charge is 2.29. The van der Waals surface area contributed by atoms with Crippen molar-refractivity contribution < 1.29 is 9.32 Å². The Morgan fingerprint density at radius 1 is 1.12 bits per heavy atom. The van der Waals surface area contributed by atoms with Gasteiger partial charge in [0.1, 0.15) is 0 Å². The molecule has 1 saturated carbocycles. The molecule has 6 nitrogen and oxygen atoms in total. The van der Waals surface area contributed by atoms with Gasteiger partial charge < -0.3 is 9.84 Å². The summed E-state index contributed by atoms with van der Waals surface area (Å²) in [7, 11) is 0. The van der Waals surface area contributed by atoms with Crippen molar-refractivity contribution in [2.24, 2.45) is 0 Å². The second kappa shape index (κ2) is 6.21. The standard InChI is InChI=1S/C19H14N4O2/c20-11-12-1-9-16(10-2-12)21-18(24)14-5-3-13(4-6-14)17-22-19(25-23-17)15-7-8-15/h1-6,9-10,15H,7-8H2,(H,21,24). The predicted octanol–water partition coefficient (Wildman–Crippen LogP) is 3.74. The number of carbonyl (C=O) groups excluding carboxylic acids is 1. The van der Waals surface area contributed by atoms with Crippen LogP contribution in [0, 0.1) is 11.3 Å². The normalized spacial score (nSPS) is 13.2. The van der Waals surface area contributed by atoms with Crippen LogP contribution >= 0.6 is 0 Å². The van der Waals surface area contributed by atoms with E-state index in [2.05, 4.69) is 15.5 Å². The third-order valence-electron chi connectivity index (χ3n) is 4.05. The third kappa shape index (κ3) is 3.26. The van der Waals surface area contributed by atoms with Gasteiger partial charge in [0.25, 0.3) is 5.91 Å². The molecule has 1 fully saturated rings. The number of amides is 1. The third-order valence-corrected chi connectivity index (χ3v) is 4.05. The highest BCUT2D eigenvalue weighted by molar-refractivity contribution is 6.04. The molecule has 2 aromatic carbocycles. The summed E-state index contributed by atoms with van der Waals surface area (Å²) in [5.74, 6) is 1.43. The predicted molar refractivity (Wildman–Crippen MR) is 90.8 cm³/mol. The van der Waals surface area contributed by atoms with E-state index in [0.29, 0.717) is 34.4 Å². The van der Waals surface area contributed by atoms with E-state index in [-0.39, 0.29) is 5.91 Å². The zero-order valence-electron chi connectivity index (χ0n) is 13.3. The first-order valence-corrected chi connectivity index (χ1v) is 7.98. The van der Waals surface area contributed by atoms with Crippen molar-refractivity contribution in [3.05, 3.63) is 65.5 Å². The first kappa shape index (κ1) is 15.1. The van der Waals surface area contributed by atoms with Crippen molar-refractivity contribution in [2.75, 3.05) is 5.32 Å². The van der Waals surface area contributed by atoms with Gasteiger partial charge in [0.2, 0.25) is 11.7 Å². The van der Waals surface area contributed by atoms with Crippen molar-refractivity contribution in [1.29, 1.82) is 5.26 Å². The minimum absolute atomic E-state index is 0.219. The van der Waals surface area contributed by atoms with Crippen LogP contribution in [0.3, 0.4) is 0 Å². The summed E-state index contributed by atoms with van der Waals surface area (Å²) in [4.78, 5) is 16.7. The minimum Gasteiger partial charge on any atom is -0.339 e. The zero-order chi connectivity index (χ0) is 17.2. The van der Waals surface area contributed by atoms with Gasteiger partial charge in [-0.1, -0.05) is 17.3 Å². The molecule has 0 atom stereocenters. The summed E-state index contributed by atoms with van der Waals surface area (Å²) < 4.78 is 5.26. The van der Waals surface area contributed by atoms with E-state index < -0.39 is 0 Å². The number of aromatic nitrogens is 2. The summed E-state index contributed by atoms with van der Waals surface area (Å²) in [5, 5.41) is 15.6. The van der Waals surface area contributed by atoms with Gasteiger partial charge in [0.05, 0.1) is 11.6 Å². The van der Waals surface area contributed by atoms with E-state index in [1.165, 1.54) is 0 Å². The number of nitrogens with zero attached hydrogens (tertiary/aromatic N) is 3. The molecule has 0 unspecified atom stereocenters. The Morgan fingerprint density at radius 2 is 1.84 bits per heavy atom. The molecule has 1 heterocycles. The average Bonchev–Trinajstić information content (AvgIpc) is 3.39. The van der Waals surface area contributed by atoms with Crippen LogP contribution in [0.25, 0.3) is 11.4 Å². The van der Waals surface area contributed by atoms with Gasteiger partial charge >= 0.3 is 0 Å². The van der Waals surface area contributed by atoms with Crippen molar-refractivity contribution >= 4 is 11.6 Å². The first-order valence-electron chi connectivity index (χ1n) is 7.98. The Bertz CT molecular complexity index is 948. The fraction of sp³-hybridized carbons (Fsp3) is 0.158. The Hall–Kier alpha value is -3.46. The SMILES string of the molecule is N#Cc1ccc(NC(=O)c2ccc(-c3noc(C4CC4)n3)cc2)cc1. The van der Waals surface area contributed by atoms with E-state index in [1.807, 2.05) is 6.07 Å². The van der Waals surface area contributed by atoms with Gasteiger partial charge in [-0.2, -0.15) is 10.2 Å². The molecular weight excluding hydrogens is 316 g/mol. The smallest absolute Gasteiger partial charge is 0.255 e. The van der Waals surface area contributed by atoms with E-state index in [0.717, 1.165) is 18.4 Å². The molecule has 1 amide bonds. The van der Waals surface area contributed by atoms with Crippen molar-refractivity contribution in [2.45, 2.75) is 18.8 Å². The van der Waals surface area contributed by atoms with Gasteiger partial charge in [-0.05, 0) is 49.2 Å². The molecule has 0 saturated heterocycles. The molecule has 1 N–H and O–H groups in total. The number of anilines is 1. The number of nitrogens with one attached hydrogen (secondary N) is 1. The lowest BCUT2D eigenvalue weighted by Crippen LogP contribution is -2.11. The summed E-state index contributed by atoms with van der Waals surface area (Å²) in [5.41, 5.74) is 2.53. The van der Waals surface area contributed by atoms with Crippen LogP contribution in [-0.4, -0.2) is 16.0 Å². The van der Waals surface area contributed by atoms with Crippen LogP contribution in [0.2, 0.25) is 0 Å². The fourth-order valence-corrected chi connectivity index (χ4v) is 2.45. The zero-order valence-corrected chi connectivity index (χ0v) is 13.3. The summed E-state index contributed by atoms with van der Waals surface area (Å²) >= 11 is 0. The van der Waals surface area contributed by atoms with Crippen LogP contribution in [-0.2, 0) is 0 Å². The summed E-state index contributed by atoms with van der Waals surface area (Å²) in [6.45, 7) is 0. The molecule has 3 aromatic rings. The molecule has 0 aliphatic heterocycles. The fourth-order valence-electron chi connectivity index (χ4n) is 2.45. The molecule has 1 aromatic heterocycles. The summed E-state index contributed by atoms with van der Waals surface area (Å²) in [6, 6.07) is 15.8. The largest absolute Gasteiger partial charge is 0.339 e. The minimum atomic E-state index is -0.219. The topological polar surface area (TPSA) is 91.8 Å². The van der Waals surface area contributed by atoms with E-state index in [1.54, 1.807) is 48.5 Å². The maximum absolute atomic E-state index is 12.3. The van der Waals surface area contributed by atoms with E-state index >= 15 is 0 Å². The molecule has 0 radical (unpaired) electrons. The molecule has 6 heteroatoms. The number of hydrogen-bond donors (Lipinski definition) is 1. The van der Waals surface area contributed by atoms with Gasteiger partial charge in [-0.25, -0.2) is 0 Å². The van der Waals surface area contributed by atoms with Crippen LogP contribution in [0.15, 0.2) is 53.1 Å². The Balaban J connectivity index is 1.46. The lowest BCUT2D eigenvalue weighted by molar-refractivity contribution is 0.102. The number of hydrogen-bond acceptors (Lipinski definition) is 5. The van der Waals surface area contributed by atoms with Crippen molar-refractivity contribution in [1.82, 2.24) is 10.1 Å². The summed E-state index contributed by atoms with van der Waals surface area (Å²) in [6.07, 6.45) is 2.21. The van der Waals surface area contributed by atoms with Crippen LogP contribution < -0.4 is 5.32 Å². The van der Waals surface area contributed by atoms with Crippen LogP contribution in [0.1, 0.15) is 40.6 Å². The lowest BCUT2D eigenvalue weighted by Gasteiger charge is -2.05. The Morgan fingerprint density at radius 3 is 2.48 bits per heavy atom. The quantitative estimate of drug-likeness (QED) is 0.786. The second-order valence-corrected chi connectivity index (χ2v) is 5.95. The van der Waals surface area contributed by atoms with Crippen LogP contribution in [0.5, 0.6) is 0 Å². The molecule has 4 rings (SSSR count). The monoisotopic (exact) mass is 330 g/mol. The Kier molecular flexibility index (Phi) is 3.75. The first-order chi connectivity index (χ1) is 12.2. The molecule has 0 spiro atoms. The molecular formula is C19H14N4O2. The number of carbonyl (C=O) groups is 1. The highest BCUT2D eigenvalue weighted by atomic mass is 16.5. The van der Waals surface area contributed by atoms with Crippen LogP contribution in [0.4, 0.5) is 5.69 Å². The highest BCUT2D eigenvalue weighted by Crippen LogP contribution is 2.39. The van der Waals surface area contributed by atoms with Gasteiger partial charge in [0, 0.05) is 22.7 Å². The van der Waals surface area contributed by atoms with Crippen molar-refractivity contribution in [3.63, 3.8) is 0 Å². The van der Waals surface area contributed by atoms with E-state index in [9.17, 15) is 4.79 Å². The van der Waals surface area contributed by atoms with Gasteiger partial charge in [-0.15, -0.1) is 0 Å². The molecule has 122 valence electrons.